The summed E-state index contributed by atoms with van der Waals surface area (Å²) >= 11 is 0. The Morgan fingerprint density at radius 3 is 2.33 bits per heavy atom. The minimum atomic E-state index is -0.341. The average molecular weight is 410 g/mol. The summed E-state index contributed by atoms with van der Waals surface area (Å²) in [5.74, 6) is 2.15. The normalized spacial score (nSPS) is 20.1. The van der Waals surface area contributed by atoms with E-state index >= 15 is 0 Å². The number of nitrogens with zero attached hydrogens (tertiary/aromatic N) is 5. The van der Waals surface area contributed by atoms with Crippen molar-refractivity contribution in [3.05, 3.63) is 62.6 Å². The first kappa shape index (κ1) is 20.6. The molecular weight excluding hydrogens is 378 g/mol. The lowest BCUT2D eigenvalue weighted by atomic mass is 9.92. The van der Waals surface area contributed by atoms with Gasteiger partial charge in [-0.1, -0.05) is 44.2 Å². The molecule has 0 saturated carbocycles. The standard InChI is InChI=1S/C23H31N5O2/c1-16-12-17(2)14-27(13-16)15-19-24-21-20(22(29)26(4)23(30)25(21)3)28(19)11-10-18-8-6-5-7-9-18/h5-9,16-17H,10-15H2,1-4H3. The van der Waals surface area contributed by atoms with E-state index in [1.165, 1.54) is 28.2 Å². The second kappa shape index (κ2) is 8.22. The molecule has 0 N–H and O–H groups in total. The molecule has 0 amide bonds. The van der Waals surface area contributed by atoms with E-state index in [2.05, 4.69) is 30.9 Å². The van der Waals surface area contributed by atoms with Gasteiger partial charge in [-0.15, -0.1) is 0 Å². The Morgan fingerprint density at radius 2 is 1.67 bits per heavy atom. The van der Waals surface area contributed by atoms with Gasteiger partial charge in [0.25, 0.3) is 5.56 Å². The summed E-state index contributed by atoms with van der Waals surface area (Å²) in [7, 11) is 3.22. The molecule has 0 spiro atoms. The number of aromatic nitrogens is 4. The molecule has 0 bridgehead atoms. The fourth-order valence-electron chi connectivity index (χ4n) is 4.86. The van der Waals surface area contributed by atoms with Crippen LogP contribution in [0.1, 0.15) is 31.7 Å². The summed E-state index contributed by atoms with van der Waals surface area (Å²) in [5, 5.41) is 0. The Bertz CT molecular complexity index is 1150. The molecule has 4 rings (SSSR count). The first-order valence-electron chi connectivity index (χ1n) is 10.8. The van der Waals surface area contributed by atoms with Crippen LogP contribution in [0, 0.1) is 11.8 Å². The molecule has 3 heterocycles. The van der Waals surface area contributed by atoms with Crippen LogP contribution in [-0.2, 0) is 33.6 Å². The molecule has 1 saturated heterocycles. The quantitative estimate of drug-likeness (QED) is 0.648. The number of aryl methyl sites for hydroxylation is 3. The molecule has 1 aromatic carbocycles. The average Bonchev–Trinajstić information content (AvgIpc) is 3.07. The molecule has 1 aliphatic rings. The van der Waals surface area contributed by atoms with Gasteiger partial charge in [-0.25, -0.2) is 9.78 Å². The van der Waals surface area contributed by atoms with E-state index in [9.17, 15) is 9.59 Å². The van der Waals surface area contributed by atoms with Crippen LogP contribution in [-0.4, -0.2) is 36.7 Å². The largest absolute Gasteiger partial charge is 0.332 e. The van der Waals surface area contributed by atoms with E-state index in [-0.39, 0.29) is 11.2 Å². The van der Waals surface area contributed by atoms with Gasteiger partial charge < -0.3 is 4.57 Å². The molecule has 7 heteroatoms. The van der Waals surface area contributed by atoms with Crippen molar-refractivity contribution in [2.75, 3.05) is 13.1 Å². The monoisotopic (exact) mass is 409 g/mol. The maximum atomic E-state index is 13.0. The zero-order valence-corrected chi connectivity index (χ0v) is 18.3. The van der Waals surface area contributed by atoms with Gasteiger partial charge in [0.2, 0.25) is 0 Å². The maximum absolute atomic E-state index is 13.0. The summed E-state index contributed by atoms with van der Waals surface area (Å²) < 4.78 is 4.70. The lowest BCUT2D eigenvalue weighted by Gasteiger charge is -2.34. The van der Waals surface area contributed by atoms with E-state index < -0.39 is 0 Å². The van der Waals surface area contributed by atoms with Gasteiger partial charge in [-0.2, -0.15) is 0 Å². The molecular formula is C23H31N5O2. The Kier molecular flexibility index (Phi) is 5.64. The van der Waals surface area contributed by atoms with Crippen LogP contribution in [0.4, 0.5) is 0 Å². The molecule has 2 aromatic heterocycles. The van der Waals surface area contributed by atoms with Crippen LogP contribution < -0.4 is 11.2 Å². The molecule has 3 aromatic rings. The molecule has 30 heavy (non-hydrogen) atoms. The van der Waals surface area contributed by atoms with Crippen molar-refractivity contribution in [1.82, 2.24) is 23.6 Å². The number of benzene rings is 1. The van der Waals surface area contributed by atoms with E-state index in [4.69, 9.17) is 4.98 Å². The Morgan fingerprint density at radius 1 is 1.00 bits per heavy atom. The highest BCUT2D eigenvalue weighted by Gasteiger charge is 2.25. The molecule has 1 aliphatic heterocycles. The third-order valence-corrected chi connectivity index (χ3v) is 6.20. The summed E-state index contributed by atoms with van der Waals surface area (Å²) in [6.45, 7) is 7.99. The third-order valence-electron chi connectivity index (χ3n) is 6.20. The van der Waals surface area contributed by atoms with Crippen molar-refractivity contribution >= 4 is 11.2 Å². The van der Waals surface area contributed by atoms with Crippen molar-refractivity contribution in [3.63, 3.8) is 0 Å². The predicted octanol–water partition coefficient (Wildman–Crippen LogP) is 2.15. The lowest BCUT2D eigenvalue weighted by Crippen LogP contribution is -2.39. The number of hydrogen-bond donors (Lipinski definition) is 0. The van der Waals surface area contributed by atoms with Gasteiger partial charge in [-0.05, 0) is 30.2 Å². The molecule has 0 aliphatic carbocycles. The minimum Gasteiger partial charge on any atom is -0.321 e. The number of likely N-dealkylation sites (tertiary alicyclic amines) is 1. The van der Waals surface area contributed by atoms with E-state index in [1.807, 2.05) is 22.8 Å². The highest BCUT2D eigenvalue weighted by atomic mass is 16.2. The second-order valence-electron chi connectivity index (χ2n) is 8.93. The van der Waals surface area contributed by atoms with Gasteiger partial charge in [0.1, 0.15) is 5.82 Å². The fourth-order valence-corrected chi connectivity index (χ4v) is 4.86. The SMILES string of the molecule is CC1CC(C)CN(Cc2nc3c(c(=O)n(C)c(=O)n3C)n2CCc2ccccc2)C1. The fraction of sp³-hybridized carbons (Fsp3) is 0.522. The van der Waals surface area contributed by atoms with Gasteiger partial charge in [0.05, 0.1) is 6.54 Å². The van der Waals surface area contributed by atoms with E-state index in [0.717, 1.165) is 25.3 Å². The van der Waals surface area contributed by atoms with Crippen LogP contribution in [0.5, 0.6) is 0 Å². The Labute approximate surface area is 176 Å². The second-order valence-corrected chi connectivity index (χ2v) is 8.93. The number of rotatable bonds is 5. The Balaban J connectivity index is 1.77. The van der Waals surface area contributed by atoms with Crippen LogP contribution in [0.25, 0.3) is 11.2 Å². The third kappa shape index (κ3) is 3.86. The molecule has 0 radical (unpaired) electrons. The Hall–Kier alpha value is -2.67. The first-order valence-corrected chi connectivity index (χ1v) is 10.8. The smallest absolute Gasteiger partial charge is 0.321 e. The molecule has 160 valence electrons. The summed E-state index contributed by atoms with van der Waals surface area (Å²) in [6.07, 6.45) is 2.05. The van der Waals surface area contributed by atoms with E-state index in [1.54, 1.807) is 7.05 Å². The number of fused-ring (bicyclic) bond motifs is 1. The van der Waals surface area contributed by atoms with Gasteiger partial charge in [0, 0.05) is 33.7 Å². The lowest BCUT2D eigenvalue weighted by molar-refractivity contribution is 0.130. The van der Waals surface area contributed by atoms with Crippen molar-refractivity contribution in [3.8, 4) is 0 Å². The van der Waals surface area contributed by atoms with Crippen molar-refractivity contribution in [2.45, 2.75) is 39.8 Å². The van der Waals surface area contributed by atoms with Crippen LogP contribution in [0.15, 0.2) is 39.9 Å². The highest BCUT2D eigenvalue weighted by molar-refractivity contribution is 5.71. The van der Waals surface area contributed by atoms with E-state index in [0.29, 0.717) is 36.1 Å². The number of imidazole rings is 1. The predicted molar refractivity (Wildman–Crippen MR) is 119 cm³/mol. The van der Waals surface area contributed by atoms with Crippen LogP contribution >= 0.6 is 0 Å². The zero-order chi connectivity index (χ0) is 21.4. The van der Waals surface area contributed by atoms with Crippen LogP contribution in [0.2, 0.25) is 0 Å². The topological polar surface area (TPSA) is 65.1 Å². The summed E-state index contributed by atoms with van der Waals surface area (Å²) in [4.78, 5) is 32.7. The van der Waals surface area contributed by atoms with Gasteiger partial charge in [0.15, 0.2) is 11.2 Å². The van der Waals surface area contributed by atoms with Gasteiger partial charge >= 0.3 is 5.69 Å². The summed E-state index contributed by atoms with van der Waals surface area (Å²) in [6, 6.07) is 10.3. The number of piperidine rings is 1. The summed E-state index contributed by atoms with van der Waals surface area (Å²) in [5.41, 5.74) is 1.59. The maximum Gasteiger partial charge on any atom is 0.332 e. The minimum absolute atomic E-state index is 0.278. The van der Waals surface area contributed by atoms with Gasteiger partial charge in [-0.3, -0.25) is 18.8 Å². The number of hydrogen-bond acceptors (Lipinski definition) is 4. The van der Waals surface area contributed by atoms with Crippen LogP contribution in [0.3, 0.4) is 0 Å². The van der Waals surface area contributed by atoms with Crippen molar-refractivity contribution < 1.29 is 0 Å². The first-order chi connectivity index (χ1) is 14.3. The van der Waals surface area contributed by atoms with Crippen molar-refractivity contribution in [2.24, 2.45) is 25.9 Å². The molecule has 2 atom stereocenters. The molecule has 7 nitrogen and oxygen atoms in total. The molecule has 2 unspecified atom stereocenters. The highest BCUT2D eigenvalue weighted by Crippen LogP contribution is 2.23. The molecule has 1 fully saturated rings. The van der Waals surface area contributed by atoms with Crippen molar-refractivity contribution in [1.29, 1.82) is 0 Å². The zero-order valence-electron chi connectivity index (χ0n) is 18.3.